The second-order valence-corrected chi connectivity index (χ2v) is 8.51. The van der Waals surface area contributed by atoms with Gasteiger partial charge >= 0.3 is 0 Å². The third-order valence-corrected chi connectivity index (χ3v) is 6.18. The van der Waals surface area contributed by atoms with Gasteiger partial charge in [0.05, 0.1) is 15.6 Å². The van der Waals surface area contributed by atoms with Crippen molar-refractivity contribution in [2.45, 2.75) is 25.3 Å². The molecule has 0 atom stereocenters. The highest BCUT2D eigenvalue weighted by Crippen LogP contribution is 2.22. The van der Waals surface area contributed by atoms with Gasteiger partial charge in [-0.25, -0.2) is 18.1 Å². The van der Waals surface area contributed by atoms with E-state index < -0.39 is 10.0 Å². The zero-order chi connectivity index (χ0) is 17.2. The Morgan fingerprint density at radius 1 is 0.958 bits per heavy atom. The molecule has 3 aromatic rings. The lowest BCUT2D eigenvalue weighted by Crippen LogP contribution is -2.23. The van der Waals surface area contributed by atoms with Crippen LogP contribution >= 0.6 is 11.3 Å². The molecule has 0 bridgehead atoms. The van der Waals surface area contributed by atoms with Crippen molar-refractivity contribution in [3.05, 3.63) is 70.2 Å². The SMILES string of the molecule is Cc1nc(C)c(CNS(=O)(=O)c2ccc(-c3ccccc3)cc2)s1. The topological polar surface area (TPSA) is 59.1 Å². The monoisotopic (exact) mass is 358 g/mol. The van der Waals surface area contributed by atoms with Crippen molar-refractivity contribution in [1.82, 2.24) is 9.71 Å². The van der Waals surface area contributed by atoms with Gasteiger partial charge in [0.2, 0.25) is 10.0 Å². The predicted molar refractivity (Wildman–Crippen MR) is 97.5 cm³/mol. The van der Waals surface area contributed by atoms with Gasteiger partial charge in [0.25, 0.3) is 0 Å². The Morgan fingerprint density at radius 2 is 1.58 bits per heavy atom. The van der Waals surface area contributed by atoms with Crippen molar-refractivity contribution in [1.29, 1.82) is 0 Å². The highest BCUT2D eigenvalue weighted by Gasteiger charge is 2.15. The first-order valence-electron chi connectivity index (χ1n) is 7.54. The van der Waals surface area contributed by atoms with Crippen LogP contribution in [0.4, 0.5) is 0 Å². The number of hydrogen-bond acceptors (Lipinski definition) is 4. The molecular weight excluding hydrogens is 340 g/mol. The third kappa shape index (κ3) is 3.72. The van der Waals surface area contributed by atoms with Gasteiger partial charge in [0, 0.05) is 11.4 Å². The Labute approximate surface area is 146 Å². The second-order valence-electron chi connectivity index (χ2n) is 5.46. The number of aryl methyl sites for hydroxylation is 2. The van der Waals surface area contributed by atoms with Crippen LogP contribution in [0.15, 0.2) is 59.5 Å². The highest BCUT2D eigenvalue weighted by atomic mass is 32.2. The first-order chi connectivity index (χ1) is 11.5. The molecule has 3 rings (SSSR count). The molecule has 0 radical (unpaired) electrons. The van der Waals surface area contributed by atoms with E-state index in [0.717, 1.165) is 26.7 Å². The normalized spacial score (nSPS) is 11.6. The Kier molecular flexibility index (Phi) is 4.80. The Bertz CT molecular complexity index is 931. The van der Waals surface area contributed by atoms with Crippen LogP contribution in [0.2, 0.25) is 0 Å². The minimum atomic E-state index is -3.54. The summed E-state index contributed by atoms with van der Waals surface area (Å²) in [6.07, 6.45) is 0. The van der Waals surface area contributed by atoms with Crippen LogP contribution < -0.4 is 4.72 Å². The summed E-state index contributed by atoms with van der Waals surface area (Å²) < 4.78 is 27.5. The van der Waals surface area contributed by atoms with Crippen LogP contribution in [0.5, 0.6) is 0 Å². The molecule has 0 unspecified atom stereocenters. The molecule has 0 spiro atoms. The van der Waals surface area contributed by atoms with E-state index in [-0.39, 0.29) is 11.4 Å². The van der Waals surface area contributed by atoms with E-state index in [9.17, 15) is 8.42 Å². The van der Waals surface area contributed by atoms with Gasteiger partial charge in [-0.2, -0.15) is 0 Å². The molecule has 0 saturated heterocycles. The maximum atomic E-state index is 12.4. The maximum absolute atomic E-state index is 12.4. The fourth-order valence-corrected chi connectivity index (χ4v) is 4.40. The first-order valence-corrected chi connectivity index (χ1v) is 9.84. The molecule has 6 heteroatoms. The van der Waals surface area contributed by atoms with Gasteiger partial charge in [0.1, 0.15) is 0 Å². The lowest BCUT2D eigenvalue weighted by Gasteiger charge is -2.07. The van der Waals surface area contributed by atoms with Crippen LogP contribution in [0.1, 0.15) is 15.6 Å². The van der Waals surface area contributed by atoms with Gasteiger partial charge in [-0.1, -0.05) is 42.5 Å². The molecule has 1 heterocycles. The number of sulfonamides is 1. The number of nitrogens with one attached hydrogen (secondary N) is 1. The van der Waals surface area contributed by atoms with Crippen LogP contribution in [-0.2, 0) is 16.6 Å². The molecule has 0 amide bonds. The number of benzene rings is 2. The molecule has 0 saturated carbocycles. The number of aromatic nitrogens is 1. The molecule has 0 aliphatic rings. The average molecular weight is 358 g/mol. The smallest absolute Gasteiger partial charge is 0.240 e. The Balaban J connectivity index is 1.76. The number of hydrogen-bond donors (Lipinski definition) is 1. The molecule has 1 aromatic heterocycles. The van der Waals surface area contributed by atoms with Crippen molar-refractivity contribution >= 4 is 21.4 Å². The van der Waals surface area contributed by atoms with E-state index in [2.05, 4.69) is 9.71 Å². The van der Waals surface area contributed by atoms with E-state index in [1.807, 2.05) is 56.3 Å². The second kappa shape index (κ2) is 6.84. The molecular formula is C18H18N2O2S2. The van der Waals surface area contributed by atoms with Gasteiger partial charge in [-0.05, 0) is 37.1 Å². The van der Waals surface area contributed by atoms with E-state index in [1.54, 1.807) is 12.1 Å². The van der Waals surface area contributed by atoms with Gasteiger partial charge in [0.15, 0.2) is 0 Å². The fraction of sp³-hybridized carbons (Fsp3) is 0.167. The van der Waals surface area contributed by atoms with Crippen LogP contribution in [0, 0.1) is 13.8 Å². The summed E-state index contributed by atoms with van der Waals surface area (Å²) >= 11 is 1.51. The minimum absolute atomic E-state index is 0.264. The molecule has 24 heavy (non-hydrogen) atoms. The Morgan fingerprint density at radius 3 is 2.17 bits per heavy atom. The van der Waals surface area contributed by atoms with Gasteiger partial charge in [-0.3, -0.25) is 0 Å². The summed E-state index contributed by atoms with van der Waals surface area (Å²) in [5.74, 6) is 0. The molecule has 124 valence electrons. The standard InChI is InChI=1S/C18H18N2O2S2/c1-13-18(23-14(2)20-13)12-19-24(21,22)17-10-8-16(9-11-17)15-6-4-3-5-7-15/h3-11,19H,12H2,1-2H3. The predicted octanol–water partition coefficient (Wildman–Crippen LogP) is 3.91. The minimum Gasteiger partial charge on any atom is -0.247 e. The summed E-state index contributed by atoms with van der Waals surface area (Å²) in [4.78, 5) is 5.52. The van der Waals surface area contributed by atoms with E-state index in [0.29, 0.717) is 0 Å². The molecule has 0 aliphatic heterocycles. The fourth-order valence-electron chi connectivity index (χ4n) is 2.44. The molecule has 0 aliphatic carbocycles. The molecule has 2 aromatic carbocycles. The highest BCUT2D eigenvalue weighted by molar-refractivity contribution is 7.89. The van der Waals surface area contributed by atoms with Crippen molar-refractivity contribution in [2.75, 3.05) is 0 Å². The summed E-state index contributed by atoms with van der Waals surface area (Å²) in [7, 11) is -3.54. The summed E-state index contributed by atoms with van der Waals surface area (Å²) in [6, 6.07) is 16.8. The number of thiazole rings is 1. The quantitative estimate of drug-likeness (QED) is 0.752. The van der Waals surface area contributed by atoms with Crippen LogP contribution in [0.3, 0.4) is 0 Å². The van der Waals surface area contributed by atoms with E-state index in [1.165, 1.54) is 11.3 Å². The third-order valence-electron chi connectivity index (χ3n) is 3.69. The van der Waals surface area contributed by atoms with Crippen molar-refractivity contribution in [3.8, 4) is 11.1 Å². The van der Waals surface area contributed by atoms with Crippen molar-refractivity contribution in [3.63, 3.8) is 0 Å². The first kappa shape index (κ1) is 16.8. The Hall–Kier alpha value is -2.02. The summed E-state index contributed by atoms with van der Waals surface area (Å²) in [5.41, 5.74) is 2.92. The zero-order valence-electron chi connectivity index (χ0n) is 13.5. The average Bonchev–Trinajstić information content (AvgIpc) is 2.92. The summed E-state index contributed by atoms with van der Waals surface area (Å²) in [6.45, 7) is 4.07. The molecule has 1 N–H and O–H groups in total. The van der Waals surface area contributed by atoms with Crippen LogP contribution in [-0.4, -0.2) is 13.4 Å². The zero-order valence-corrected chi connectivity index (χ0v) is 15.1. The van der Waals surface area contributed by atoms with Gasteiger partial charge < -0.3 is 0 Å². The van der Waals surface area contributed by atoms with Gasteiger partial charge in [-0.15, -0.1) is 11.3 Å². The lowest BCUT2D eigenvalue weighted by molar-refractivity contribution is 0.581. The molecule has 0 fully saturated rings. The largest absolute Gasteiger partial charge is 0.247 e. The summed E-state index contributed by atoms with van der Waals surface area (Å²) in [5, 5.41) is 0.939. The van der Waals surface area contributed by atoms with Crippen LogP contribution in [0.25, 0.3) is 11.1 Å². The number of rotatable bonds is 5. The maximum Gasteiger partial charge on any atom is 0.240 e. The molecule has 4 nitrogen and oxygen atoms in total. The number of nitrogens with zero attached hydrogens (tertiary/aromatic N) is 1. The lowest BCUT2D eigenvalue weighted by atomic mass is 10.1. The van der Waals surface area contributed by atoms with Crippen molar-refractivity contribution in [2.24, 2.45) is 0 Å². The van der Waals surface area contributed by atoms with E-state index >= 15 is 0 Å². The van der Waals surface area contributed by atoms with E-state index in [4.69, 9.17) is 0 Å². The van der Waals surface area contributed by atoms with Crippen molar-refractivity contribution < 1.29 is 8.42 Å².